The van der Waals surface area contributed by atoms with Gasteiger partial charge in [-0.1, -0.05) is 6.92 Å². The number of amides is 1. The van der Waals surface area contributed by atoms with Crippen LogP contribution in [-0.4, -0.2) is 37.0 Å². The van der Waals surface area contributed by atoms with Gasteiger partial charge in [0.15, 0.2) is 0 Å². The van der Waals surface area contributed by atoms with Crippen LogP contribution < -0.4 is 10.6 Å². The molecular weight excluding hydrogens is 172 g/mol. The molecule has 0 unspecified atom stereocenters. The lowest BCUT2D eigenvalue weighted by Crippen LogP contribution is -2.48. The van der Waals surface area contributed by atoms with E-state index in [9.17, 15) is 4.79 Å². The molecule has 0 aromatic carbocycles. The molecule has 3 nitrogen and oxygen atoms in total. The fraction of sp³-hybridized carbons (Fsp3) is 0.875. The number of rotatable bonds is 5. The van der Waals surface area contributed by atoms with E-state index in [1.54, 1.807) is 11.8 Å². The third-order valence-electron chi connectivity index (χ3n) is 1.89. The molecule has 4 heteroatoms. The molecule has 1 aliphatic heterocycles. The van der Waals surface area contributed by atoms with E-state index in [2.05, 4.69) is 17.6 Å². The highest BCUT2D eigenvalue weighted by Crippen LogP contribution is 2.01. The fourth-order valence-electron chi connectivity index (χ4n) is 0.997. The van der Waals surface area contributed by atoms with Crippen LogP contribution in [0.3, 0.4) is 0 Å². The second-order valence-electron chi connectivity index (χ2n) is 2.97. The third kappa shape index (κ3) is 3.45. The van der Waals surface area contributed by atoms with Crippen LogP contribution in [0, 0.1) is 5.92 Å². The van der Waals surface area contributed by atoms with Crippen molar-refractivity contribution in [3.05, 3.63) is 0 Å². The van der Waals surface area contributed by atoms with E-state index in [0.717, 1.165) is 25.4 Å². The first kappa shape index (κ1) is 9.86. The average molecular weight is 188 g/mol. The number of nitrogens with one attached hydrogen (secondary N) is 2. The van der Waals surface area contributed by atoms with E-state index in [4.69, 9.17) is 0 Å². The van der Waals surface area contributed by atoms with Gasteiger partial charge in [-0.15, -0.1) is 0 Å². The van der Waals surface area contributed by atoms with Gasteiger partial charge in [-0.2, -0.15) is 11.8 Å². The van der Waals surface area contributed by atoms with Crippen molar-refractivity contribution in [1.29, 1.82) is 0 Å². The minimum atomic E-state index is 0.175. The molecule has 1 fully saturated rings. The Balaban J connectivity index is 1.94. The Morgan fingerprint density at radius 2 is 2.42 bits per heavy atom. The normalized spacial score (nSPS) is 17.1. The lowest BCUT2D eigenvalue weighted by Gasteiger charge is -2.26. The Morgan fingerprint density at radius 1 is 1.67 bits per heavy atom. The summed E-state index contributed by atoms with van der Waals surface area (Å²) in [5.41, 5.74) is 0. The Bertz CT molecular complexity index is 148. The smallest absolute Gasteiger partial charge is 0.230 e. The molecule has 1 saturated heterocycles. The van der Waals surface area contributed by atoms with Crippen molar-refractivity contribution in [1.82, 2.24) is 10.6 Å². The summed E-state index contributed by atoms with van der Waals surface area (Å²) in [7, 11) is 0. The number of hydrogen-bond acceptors (Lipinski definition) is 3. The summed E-state index contributed by atoms with van der Waals surface area (Å²) in [4.78, 5) is 11.1. The minimum absolute atomic E-state index is 0.175. The maximum absolute atomic E-state index is 11.1. The van der Waals surface area contributed by atoms with E-state index in [1.165, 1.54) is 0 Å². The molecule has 0 spiro atoms. The quantitative estimate of drug-likeness (QED) is 0.642. The van der Waals surface area contributed by atoms with Crippen molar-refractivity contribution in [3.8, 4) is 0 Å². The number of carbonyl (C=O) groups is 1. The molecule has 1 heterocycles. The summed E-state index contributed by atoms with van der Waals surface area (Å²) >= 11 is 1.67. The van der Waals surface area contributed by atoms with E-state index in [0.29, 0.717) is 11.7 Å². The van der Waals surface area contributed by atoms with Crippen LogP contribution >= 0.6 is 11.8 Å². The van der Waals surface area contributed by atoms with Gasteiger partial charge in [0.05, 0.1) is 5.75 Å². The molecule has 0 saturated carbocycles. The zero-order valence-electron chi connectivity index (χ0n) is 7.43. The van der Waals surface area contributed by atoms with Gasteiger partial charge in [0.2, 0.25) is 5.91 Å². The van der Waals surface area contributed by atoms with Gasteiger partial charge in [-0.3, -0.25) is 4.79 Å². The number of carbonyl (C=O) groups excluding carboxylic acids is 1. The number of thioether (sulfide) groups is 1. The molecule has 0 radical (unpaired) electrons. The van der Waals surface area contributed by atoms with E-state index in [1.807, 2.05) is 0 Å². The molecule has 1 amide bonds. The van der Waals surface area contributed by atoms with Crippen molar-refractivity contribution < 1.29 is 4.79 Å². The molecule has 2 N–H and O–H groups in total. The Labute approximate surface area is 77.7 Å². The van der Waals surface area contributed by atoms with Gasteiger partial charge in [0.1, 0.15) is 0 Å². The monoisotopic (exact) mass is 188 g/mol. The average Bonchev–Trinajstić information content (AvgIpc) is 1.98. The summed E-state index contributed by atoms with van der Waals surface area (Å²) in [6, 6.07) is 0. The fourth-order valence-corrected chi connectivity index (χ4v) is 1.49. The molecule has 0 aromatic rings. The van der Waals surface area contributed by atoms with Crippen LogP contribution in [0.1, 0.15) is 6.92 Å². The lowest BCUT2D eigenvalue weighted by molar-refractivity contribution is -0.118. The highest BCUT2D eigenvalue weighted by molar-refractivity contribution is 7.99. The molecule has 0 aliphatic carbocycles. The Morgan fingerprint density at radius 3 is 2.92 bits per heavy atom. The maximum Gasteiger partial charge on any atom is 0.230 e. The van der Waals surface area contributed by atoms with Crippen molar-refractivity contribution in [2.24, 2.45) is 5.92 Å². The zero-order valence-corrected chi connectivity index (χ0v) is 8.25. The Kier molecular flexibility index (Phi) is 4.46. The minimum Gasteiger partial charge on any atom is -0.355 e. The van der Waals surface area contributed by atoms with Crippen LogP contribution in [0.25, 0.3) is 0 Å². The predicted molar refractivity (Wildman–Crippen MR) is 52.4 cm³/mol. The summed E-state index contributed by atoms with van der Waals surface area (Å²) in [6.07, 6.45) is 0. The van der Waals surface area contributed by atoms with Gasteiger partial charge in [0, 0.05) is 25.6 Å². The predicted octanol–water partition coefficient (Wildman–Crippen LogP) is 0.0751. The third-order valence-corrected chi connectivity index (χ3v) is 2.77. The van der Waals surface area contributed by atoms with Crippen molar-refractivity contribution >= 4 is 17.7 Å². The summed E-state index contributed by atoms with van der Waals surface area (Å²) in [5, 5.41) is 6.09. The van der Waals surface area contributed by atoms with Crippen LogP contribution in [0.2, 0.25) is 0 Å². The zero-order chi connectivity index (χ0) is 8.81. The topological polar surface area (TPSA) is 41.1 Å². The summed E-state index contributed by atoms with van der Waals surface area (Å²) in [6.45, 7) is 5.02. The van der Waals surface area contributed by atoms with Gasteiger partial charge in [-0.05, 0) is 5.75 Å². The first-order chi connectivity index (χ1) is 5.83. The standard InChI is InChI=1S/C8H16N2OS/c1-2-12-6-8(11)10-5-7-3-9-4-7/h7,9H,2-6H2,1H3,(H,10,11). The second-order valence-corrected chi connectivity index (χ2v) is 4.24. The largest absolute Gasteiger partial charge is 0.355 e. The molecule has 1 rings (SSSR count). The highest BCUT2D eigenvalue weighted by Gasteiger charge is 2.16. The van der Waals surface area contributed by atoms with E-state index >= 15 is 0 Å². The Hall–Kier alpha value is -0.220. The molecule has 0 atom stereocenters. The van der Waals surface area contributed by atoms with E-state index in [-0.39, 0.29) is 5.91 Å². The first-order valence-electron chi connectivity index (χ1n) is 4.38. The highest BCUT2D eigenvalue weighted by atomic mass is 32.2. The van der Waals surface area contributed by atoms with Gasteiger partial charge in [0.25, 0.3) is 0 Å². The molecule has 70 valence electrons. The summed E-state index contributed by atoms with van der Waals surface area (Å²) < 4.78 is 0. The molecule has 1 aliphatic rings. The van der Waals surface area contributed by atoms with Crippen molar-refractivity contribution in [2.45, 2.75) is 6.92 Å². The van der Waals surface area contributed by atoms with Crippen LogP contribution in [0.4, 0.5) is 0 Å². The van der Waals surface area contributed by atoms with Crippen LogP contribution in [0.5, 0.6) is 0 Å². The summed E-state index contributed by atoms with van der Waals surface area (Å²) in [5.74, 6) is 2.46. The van der Waals surface area contributed by atoms with Gasteiger partial charge in [-0.25, -0.2) is 0 Å². The first-order valence-corrected chi connectivity index (χ1v) is 5.53. The molecule has 12 heavy (non-hydrogen) atoms. The van der Waals surface area contributed by atoms with Gasteiger partial charge >= 0.3 is 0 Å². The van der Waals surface area contributed by atoms with Crippen molar-refractivity contribution in [3.63, 3.8) is 0 Å². The van der Waals surface area contributed by atoms with Crippen LogP contribution in [-0.2, 0) is 4.79 Å². The maximum atomic E-state index is 11.1. The molecule has 0 aromatic heterocycles. The van der Waals surface area contributed by atoms with Crippen molar-refractivity contribution in [2.75, 3.05) is 31.1 Å². The van der Waals surface area contributed by atoms with Gasteiger partial charge < -0.3 is 10.6 Å². The van der Waals surface area contributed by atoms with E-state index < -0.39 is 0 Å². The van der Waals surface area contributed by atoms with Crippen LogP contribution in [0.15, 0.2) is 0 Å². The SMILES string of the molecule is CCSCC(=O)NCC1CNC1. The second kappa shape index (κ2) is 5.43. The molecular formula is C8H16N2OS. The number of hydrogen-bond donors (Lipinski definition) is 2. The lowest BCUT2D eigenvalue weighted by atomic mass is 10.0. The molecule has 0 bridgehead atoms.